The summed E-state index contributed by atoms with van der Waals surface area (Å²) in [6.07, 6.45) is 4.52. The topological polar surface area (TPSA) is 51.2 Å². The van der Waals surface area contributed by atoms with Gasteiger partial charge in [-0.2, -0.15) is 0 Å². The van der Waals surface area contributed by atoms with Crippen LogP contribution in [0.15, 0.2) is 36.7 Å². The van der Waals surface area contributed by atoms with Gasteiger partial charge in [-0.1, -0.05) is 31.2 Å². The van der Waals surface area contributed by atoms with Crippen molar-refractivity contribution in [1.29, 1.82) is 0 Å². The maximum absolute atomic E-state index is 12.9. The third-order valence-corrected chi connectivity index (χ3v) is 4.01. The van der Waals surface area contributed by atoms with Gasteiger partial charge >= 0.3 is 0 Å². The van der Waals surface area contributed by atoms with Gasteiger partial charge in [0.2, 0.25) is 0 Å². The van der Waals surface area contributed by atoms with Crippen molar-refractivity contribution >= 4 is 16.6 Å². The molecule has 4 nitrogen and oxygen atoms in total. The van der Waals surface area contributed by atoms with Gasteiger partial charge in [0.15, 0.2) is 5.78 Å². The Morgan fingerprint density at radius 3 is 3.05 bits per heavy atom. The molecule has 1 fully saturated rings. The number of nitrogens with one attached hydrogen (secondary N) is 1. The number of aromatic nitrogens is 1. The van der Waals surface area contributed by atoms with Crippen molar-refractivity contribution in [2.45, 2.75) is 19.4 Å². The van der Waals surface area contributed by atoms with E-state index < -0.39 is 0 Å². The van der Waals surface area contributed by atoms with Gasteiger partial charge in [0, 0.05) is 29.4 Å². The number of ketones is 1. The molecule has 1 aliphatic heterocycles. The van der Waals surface area contributed by atoms with E-state index in [1.54, 1.807) is 12.4 Å². The van der Waals surface area contributed by atoms with E-state index in [-0.39, 0.29) is 17.7 Å². The molecule has 0 bridgehead atoms. The first-order valence-corrected chi connectivity index (χ1v) is 7.49. The second kappa shape index (κ2) is 6.33. The van der Waals surface area contributed by atoms with Crippen LogP contribution in [-0.4, -0.2) is 36.6 Å². The maximum atomic E-state index is 12.9. The summed E-state index contributed by atoms with van der Waals surface area (Å²) in [5, 5.41) is 5.39. The number of rotatable bonds is 5. The number of carbonyl (C=O) groups excluding carboxylic acids is 1. The Balaban J connectivity index is 1.89. The molecule has 1 aromatic carbocycles. The molecular formula is C17H20N2O2. The third kappa shape index (κ3) is 2.82. The summed E-state index contributed by atoms with van der Waals surface area (Å²) >= 11 is 0. The highest BCUT2D eigenvalue weighted by Crippen LogP contribution is 2.24. The van der Waals surface area contributed by atoms with Crippen molar-refractivity contribution in [3.63, 3.8) is 0 Å². The molecule has 2 atom stereocenters. The summed E-state index contributed by atoms with van der Waals surface area (Å²) in [4.78, 5) is 17.1. The first-order valence-electron chi connectivity index (χ1n) is 7.49. The van der Waals surface area contributed by atoms with Crippen LogP contribution in [0.4, 0.5) is 0 Å². The number of hydrogen-bond acceptors (Lipinski definition) is 4. The van der Waals surface area contributed by atoms with Crippen molar-refractivity contribution < 1.29 is 9.53 Å². The van der Waals surface area contributed by atoms with E-state index in [4.69, 9.17) is 4.74 Å². The van der Waals surface area contributed by atoms with Crippen LogP contribution in [0.1, 0.15) is 23.7 Å². The molecular weight excluding hydrogens is 264 g/mol. The molecule has 0 spiro atoms. The fourth-order valence-electron chi connectivity index (χ4n) is 2.86. The van der Waals surface area contributed by atoms with E-state index in [2.05, 4.69) is 17.2 Å². The molecule has 4 heteroatoms. The zero-order chi connectivity index (χ0) is 14.7. The molecule has 2 unspecified atom stereocenters. The Hall–Kier alpha value is -1.78. The summed E-state index contributed by atoms with van der Waals surface area (Å²) in [6, 6.07) is 7.99. The van der Waals surface area contributed by atoms with E-state index in [9.17, 15) is 4.79 Å². The number of ether oxygens (including phenoxy) is 1. The molecule has 3 rings (SSSR count). The normalized spacial score (nSPS) is 21.8. The lowest BCUT2D eigenvalue weighted by Crippen LogP contribution is -2.39. The van der Waals surface area contributed by atoms with E-state index in [0.29, 0.717) is 18.8 Å². The number of hydrogen-bond donors (Lipinski definition) is 1. The lowest BCUT2D eigenvalue weighted by atomic mass is 9.91. The Kier molecular flexibility index (Phi) is 4.27. The number of Topliss-reactive ketones (excluding diaryl/α,β-unsaturated/α-hetero) is 1. The molecule has 2 aromatic rings. The first kappa shape index (κ1) is 14.2. The van der Waals surface area contributed by atoms with Crippen LogP contribution < -0.4 is 5.32 Å². The van der Waals surface area contributed by atoms with Crippen LogP contribution in [-0.2, 0) is 4.74 Å². The summed E-state index contributed by atoms with van der Waals surface area (Å²) in [7, 11) is 0. The van der Waals surface area contributed by atoms with E-state index in [0.717, 1.165) is 23.7 Å². The molecule has 110 valence electrons. The van der Waals surface area contributed by atoms with Crippen molar-refractivity contribution in [3.8, 4) is 0 Å². The van der Waals surface area contributed by atoms with Gasteiger partial charge in [-0.05, 0) is 18.4 Å². The number of pyridine rings is 1. The van der Waals surface area contributed by atoms with Crippen LogP contribution in [0.3, 0.4) is 0 Å². The summed E-state index contributed by atoms with van der Waals surface area (Å²) in [5.41, 5.74) is 0.701. The Labute approximate surface area is 124 Å². The number of nitrogens with zero attached hydrogens (tertiary/aromatic N) is 1. The minimum absolute atomic E-state index is 0.108. The molecule has 1 saturated heterocycles. The largest absolute Gasteiger partial charge is 0.379 e. The Bertz CT molecular complexity index is 636. The minimum atomic E-state index is -0.121. The zero-order valence-electron chi connectivity index (χ0n) is 12.2. The molecule has 1 aromatic heterocycles. The average Bonchev–Trinajstić information content (AvgIpc) is 3.00. The standard InChI is InChI=1S/C17H20N2O2/c1-2-7-19-16-11-21-10-15(16)17(20)14-9-18-8-12-5-3-4-6-13(12)14/h3-6,8-9,15-16,19H,2,7,10-11H2,1H3. The van der Waals surface area contributed by atoms with E-state index in [1.807, 2.05) is 24.3 Å². The summed E-state index contributed by atoms with van der Waals surface area (Å²) in [5.74, 6) is 0.00885. The Morgan fingerprint density at radius 1 is 1.33 bits per heavy atom. The van der Waals surface area contributed by atoms with Gasteiger partial charge < -0.3 is 10.1 Å². The Morgan fingerprint density at radius 2 is 2.19 bits per heavy atom. The SMILES string of the molecule is CCCNC1COCC1C(=O)c1cncc2ccccc12. The third-order valence-electron chi connectivity index (χ3n) is 4.01. The monoisotopic (exact) mass is 284 g/mol. The second-order valence-electron chi connectivity index (χ2n) is 5.48. The van der Waals surface area contributed by atoms with Gasteiger partial charge in [0.25, 0.3) is 0 Å². The van der Waals surface area contributed by atoms with Crippen molar-refractivity contribution in [2.24, 2.45) is 5.92 Å². The highest BCUT2D eigenvalue weighted by molar-refractivity contribution is 6.09. The maximum Gasteiger partial charge on any atom is 0.172 e. The molecule has 0 amide bonds. The summed E-state index contributed by atoms with van der Waals surface area (Å²) in [6.45, 7) is 4.12. The molecule has 0 saturated carbocycles. The second-order valence-corrected chi connectivity index (χ2v) is 5.48. The van der Waals surface area contributed by atoms with Crippen LogP contribution in [0.2, 0.25) is 0 Å². The molecule has 1 aliphatic rings. The minimum Gasteiger partial charge on any atom is -0.379 e. The quantitative estimate of drug-likeness (QED) is 0.857. The highest BCUT2D eigenvalue weighted by Gasteiger charge is 2.34. The summed E-state index contributed by atoms with van der Waals surface area (Å²) < 4.78 is 5.52. The molecule has 1 N–H and O–H groups in total. The predicted molar refractivity (Wildman–Crippen MR) is 82.5 cm³/mol. The van der Waals surface area contributed by atoms with Gasteiger partial charge in [-0.25, -0.2) is 0 Å². The van der Waals surface area contributed by atoms with Crippen LogP contribution >= 0.6 is 0 Å². The molecule has 21 heavy (non-hydrogen) atoms. The molecule has 2 heterocycles. The molecule has 0 radical (unpaired) electrons. The number of benzene rings is 1. The molecule has 0 aliphatic carbocycles. The highest BCUT2D eigenvalue weighted by atomic mass is 16.5. The van der Waals surface area contributed by atoms with Gasteiger partial charge in [-0.15, -0.1) is 0 Å². The average molecular weight is 284 g/mol. The fourth-order valence-corrected chi connectivity index (χ4v) is 2.86. The number of fused-ring (bicyclic) bond motifs is 1. The van der Waals surface area contributed by atoms with Gasteiger partial charge in [0.05, 0.1) is 19.1 Å². The smallest absolute Gasteiger partial charge is 0.172 e. The van der Waals surface area contributed by atoms with Crippen molar-refractivity contribution in [2.75, 3.05) is 19.8 Å². The van der Waals surface area contributed by atoms with E-state index in [1.165, 1.54) is 0 Å². The lowest BCUT2D eigenvalue weighted by molar-refractivity contribution is 0.0893. The first-order chi connectivity index (χ1) is 10.3. The van der Waals surface area contributed by atoms with Gasteiger partial charge in [0.1, 0.15) is 0 Å². The van der Waals surface area contributed by atoms with Crippen LogP contribution in [0, 0.1) is 5.92 Å². The van der Waals surface area contributed by atoms with E-state index >= 15 is 0 Å². The van der Waals surface area contributed by atoms with Crippen molar-refractivity contribution in [3.05, 3.63) is 42.2 Å². The number of carbonyl (C=O) groups is 1. The van der Waals surface area contributed by atoms with Gasteiger partial charge in [-0.3, -0.25) is 9.78 Å². The van der Waals surface area contributed by atoms with Crippen molar-refractivity contribution in [1.82, 2.24) is 10.3 Å². The fraction of sp³-hybridized carbons (Fsp3) is 0.412. The predicted octanol–water partition coefficient (Wildman–Crippen LogP) is 2.43. The lowest BCUT2D eigenvalue weighted by Gasteiger charge is -2.18. The zero-order valence-corrected chi connectivity index (χ0v) is 12.2. The van der Waals surface area contributed by atoms with Crippen LogP contribution in [0.5, 0.6) is 0 Å². The van der Waals surface area contributed by atoms with Crippen LogP contribution in [0.25, 0.3) is 10.8 Å².